The number of benzene rings is 2. The van der Waals surface area contributed by atoms with E-state index in [2.05, 4.69) is 36.5 Å². The van der Waals surface area contributed by atoms with E-state index >= 15 is 0 Å². The molecule has 0 radical (unpaired) electrons. The van der Waals surface area contributed by atoms with Crippen LogP contribution >= 0.6 is 0 Å². The molecule has 0 unspecified atom stereocenters. The maximum atomic E-state index is 4.44. The number of fused-ring (bicyclic) bond motifs is 1. The molecule has 0 atom stereocenters. The highest BCUT2D eigenvalue weighted by molar-refractivity contribution is 5.88. The van der Waals surface area contributed by atoms with Gasteiger partial charge < -0.3 is 0 Å². The van der Waals surface area contributed by atoms with E-state index in [1.165, 1.54) is 0 Å². The van der Waals surface area contributed by atoms with E-state index in [4.69, 9.17) is 0 Å². The predicted molar refractivity (Wildman–Crippen MR) is 121 cm³/mol. The molecule has 2 aromatic carbocycles. The number of hydrogen-bond acceptors (Lipinski definition) is 2. The van der Waals surface area contributed by atoms with E-state index < -0.39 is 0 Å². The first-order valence-corrected chi connectivity index (χ1v) is 8.95. The van der Waals surface area contributed by atoms with Crippen LogP contribution in [0.2, 0.25) is 0 Å². The standard InChI is InChI=1S/C26H22N2/c1-5-10-25(17-22-12-7-6-11-20(22)3)26-21(4)16-24-14-9-8-13-23(24)15-19(2)18-27-28-26/h5-18H,1-4H2/b22-17-,23-15?,24-16?,25-10+,27-18?,28-26?. The van der Waals surface area contributed by atoms with Crippen molar-refractivity contribution in [3.8, 4) is 0 Å². The fourth-order valence-corrected chi connectivity index (χ4v) is 2.90. The Balaban J connectivity index is 2.40. The summed E-state index contributed by atoms with van der Waals surface area (Å²) >= 11 is 0. The van der Waals surface area contributed by atoms with Crippen LogP contribution in [0.15, 0.2) is 85.6 Å². The summed E-state index contributed by atoms with van der Waals surface area (Å²) in [5.74, 6) is 0. The molecule has 0 aliphatic heterocycles. The normalized spacial score (nSPS) is 11.9. The highest BCUT2D eigenvalue weighted by Gasteiger charge is 2.01. The average Bonchev–Trinajstić information content (AvgIpc) is 2.68. The van der Waals surface area contributed by atoms with Gasteiger partial charge in [-0.1, -0.05) is 87.0 Å². The summed E-state index contributed by atoms with van der Waals surface area (Å²) in [6, 6.07) is 20.0. The Labute approximate surface area is 164 Å². The smallest absolute Gasteiger partial charge is 0.0995 e. The Bertz CT molecular complexity index is 1330. The third-order valence-corrected chi connectivity index (χ3v) is 4.29. The molecule has 0 saturated heterocycles. The Morgan fingerprint density at radius 3 is 2.21 bits per heavy atom. The molecule has 2 heteroatoms. The molecule has 3 rings (SSSR count). The minimum atomic E-state index is 0.670. The molecule has 0 bridgehead atoms. The van der Waals surface area contributed by atoms with Gasteiger partial charge in [0.25, 0.3) is 0 Å². The number of nitrogens with zero attached hydrogens (tertiary/aromatic N) is 2. The van der Waals surface area contributed by atoms with Crippen LogP contribution in [0.4, 0.5) is 0 Å². The lowest BCUT2D eigenvalue weighted by molar-refractivity contribution is 1.02. The second-order valence-electron chi connectivity index (χ2n) is 6.41. The van der Waals surface area contributed by atoms with Gasteiger partial charge in [0.15, 0.2) is 0 Å². The molecule has 0 aliphatic carbocycles. The van der Waals surface area contributed by atoms with Gasteiger partial charge in [-0.05, 0) is 49.9 Å². The number of hydrogen-bond donors (Lipinski definition) is 0. The van der Waals surface area contributed by atoms with Crippen LogP contribution in [-0.4, -0.2) is 10.2 Å². The number of allylic oxidation sites excluding steroid dienone is 3. The highest BCUT2D eigenvalue weighted by Crippen LogP contribution is 2.10. The van der Waals surface area contributed by atoms with E-state index in [1.807, 2.05) is 72.8 Å². The molecule has 2 nitrogen and oxygen atoms in total. The lowest BCUT2D eigenvalue weighted by Crippen LogP contribution is -2.22. The summed E-state index contributed by atoms with van der Waals surface area (Å²) < 4.78 is 0. The molecule has 0 amide bonds. The average molecular weight is 362 g/mol. The summed E-state index contributed by atoms with van der Waals surface area (Å²) in [6.45, 7) is 16.2. The van der Waals surface area contributed by atoms with Crippen molar-refractivity contribution in [2.45, 2.75) is 0 Å². The van der Waals surface area contributed by atoms with E-state index in [1.54, 1.807) is 12.3 Å². The Morgan fingerprint density at radius 2 is 1.50 bits per heavy atom. The zero-order chi connectivity index (χ0) is 19.9. The van der Waals surface area contributed by atoms with Crippen LogP contribution in [0.3, 0.4) is 0 Å². The fraction of sp³-hybridized carbons (Fsp3) is 0. The van der Waals surface area contributed by atoms with Gasteiger partial charge in [-0.25, -0.2) is 0 Å². The van der Waals surface area contributed by atoms with E-state index in [0.717, 1.165) is 37.2 Å². The molecular formula is C26H22N2. The Morgan fingerprint density at radius 1 is 0.821 bits per heavy atom. The minimum Gasteiger partial charge on any atom is -0.158 e. The predicted octanol–water partition coefficient (Wildman–Crippen LogP) is 3.04. The summed E-state index contributed by atoms with van der Waals surface area (Å²) in [6.07, 6.45) is 7.31. The lowest BCUT2D eigenvalue weighted by atomic mass is 10.1. The molecule has 0 aliphatic rings. The minimum absolute atomic E-state index is 0.670. The van der Waals surface area contributed by atoms with Crippen molar-refractivity contribution in [3.63, 3.8) is 0 Å². The zero-order valence-electron chi connectivity index (χ0n) is 15.8. The van der Waals surface area contributed by atoms with Crippen molar-refractivity contribution in [1.82, 2.24) is 10.2 Å². The lowest BCUT2D eigenvalue weighted by Gasteiger charge is -2.01. The van der Waals surface area contributed by atoms with Gasteiger partial charge in [-0.2, -0.15) is 5.10 Å². The van der Waals surface area contributed by atoms with Crippen molar-refractivity contribution >= 4 is 42.2 Å². The van der Waals surface area contributed by atoms with Crippen LogP contribution in [0, 0.1) is 0 Å². The van der Waals surface area contributed by atoms with E-state index in [-0.39, 0.29) is 0 Å². The van der Waals surface area contributed by atoms with Crippen molar-refractivity contribution < 1.29 is 0 Å². The van der Waals surface area contributed by atoms with Gasteiger partial charge in [0.2, 0.25) is 0 Å². The van der Waals surface area contributed by atoms with Gasteiger partial charge in [0.05, 0.1) is 11.9 Å². The molecule has 1 aromatic heterocycles. The second kappa shape index (κ2) is 8.74. The van der Waals surface area contributed by atoms with Crippen molar-refractivity contribution in [1.29, 1.82) is 0 Å². The maximum absolute atomic E-state index is 4.44. The van der Waals surface area contributed by atoms with Gasteiger partial charge in [0, 0.05) is 5.57 Å². The molecule has 0 N–H and O–H groups in total. The van der Waals surface area contributed by atoms with Crippen molar-refractivity contribution in [2.75, 3.05) is 0 Å². The van der Waals surface area contributed by atoms with E-state index in [0.29, 0.717) is 5.69 Å². The number of aromatic nitrogens is 2. The quantitative estimate of drug-likeness (QED) is 0.670. The largest absolute Gasteiger partial charge is 0.158 e. The topological polar surface area (TPSA) is 25.8 Å². The third kappa shape index (κ3) is 4.49. The zero-order valence-corrected chi connectivity index (χ0v) is 15.8. The summed E-state index contributed by atoms with van der Waals surface area (Å²) in [7, 11) is 0. The van der Waals surface area contributed by atoms with Gasteiger partial charge >= 0.3 is 0 Å². The SMILES string of the molecule is C=C/C=C(\C=c1\ccccc1=C)c1nncc(=C)cc2ccccc2cc1=C. The first kappa shape index (κ1) is 19.0. The first-order chi connectivity index (χ1) is 13.6. The molecule has 0 saturated carbocycles. The summed E-state index contributed by atoms with van der Waals surface area (Å²) in [5.41, 5.74) is 1.53. The van der Waals surface area contributed by atoms with Crippen LogP contribution in [0.25, 0.3) is 42.2 Å². The molecular weight excluding hydrogens is 340 g/mol. The fourth-order valence-electron chi connectivity index (χ4n) is 2.90. The van der Waals surface area contributed by atoms with Crippen LogP contribution in [-0.2, 0) is 0 Å². The monoisotopic (exact) mass is 362 g/mol. The van der Waals surface area contributed by atoms with Crippen LogP contribution in [0.5, 0.6) is 0 Å². The summed E-state index contributed by atoms with van der Waals surface area (Å²) in [4.78, 5) is 0. The van der Waals surface area contributed by atoms with Crippen LogP contribution in [0.1, 0.15) is 5.69 Å². The van der Waals surface area contributed by atoms with Gasteiger partial charge in [-0.15, -0.1) is 5.10 Å². The Hall–Kier alpha value is -3.78. The molecule has 1 heterocycles. The molecule has 3 aromatic rings. The molecule has 28 heavy (non-hydrogen) atoms. The van der Waals surface area contributed by atoms with Crippen molar-refractivity contribution in [3.05, 3.63) is 112 Å². The number of rotatable bonds is 3. The molecule has 0 spiro atoms. The second-order valence-corrected chi connectivity index (χ2v) is 6.41. The van der Waals surface area contributed by atoms with Gasteiger partial charge in [0.1, 0.15) is 0 Å². The molecule has 0 fully saturated rings. The summed E-state index contributed by atoms with van der Waals surface area (Å²) in [5, 5.41) is 14.2. The maximum Gasteiger partial charge on any atom is 0.0995 e. The Kier molecular flexibility index (Phi) is 5.93. The van der Waals surface area contributed by atoms with Crippen molar-refractivity contribution in [2.24, 2.45) is 0 Å². The van der Waals surface area contributed by atoms with E-state index in [9.17, 15) is 0 Å². The highest BCUT2D eigenvalue weighted by atomic mass is 15.1. The molecule has 136 valence electrons. The first-order valence-electron chi connectivity index (χ1n) is 8.95. The van der Waals surface area contributed by atoms with Crippen LogP contribution < -0.4 is 20.9 Å². The third-order valence-electron chi connectivity index (χ3n) is 4.29. The van der Waals surface area contributed by atoms with Gasteiger partial charge in [-0.3, -0.25) is 0 Å².